The Balaban J connectivity index is 2.87. The molecule has 0 fully saturated rings. The number of benzene rings is 1. The van der Waals surface area contributed by atoms with Crippen molar-refractivity contribution in [3.63, 3.8) is 0 Å². The maximum atomic E-state index is 11.8. The van der Waals surface area contributed by atoms with Crippen LogP contribution >= 0.6 is 0 Å². The fraction of sp³-hybridized carbons (Fsp3) is 0.0833. The van der Waals surface area contributed by atoms with Crippen molar-refractivity contribution in [3.8, 4) is 0 Å². The third-order valence-corrected chi connectivity index (χ3v) is 4.09. The van der Waals surface area contributed by atoms with Gasteiger partial charge in [0.2, 0.25) is 0 Å². The molecule has 0 heterocycles. The summed E-state index contributed by atoms with van der Waals surface area (Å²) in [5.41, 5.74) is 0.675. The van der Waals surface area contributed by atoms with Crippen molar-refractivity contribution in [1.29, 1.82) is 0 Å². The molecule has 0 atom stereocenters. The summed E-state index contributed by atoms with van der Waals surface area (Å²) in [5.74, 6) is -0.398. The van der Waals surface area contributed by atoms with Crippen LogP contribution in [0, 0.1) is 0 Å². The van der Waals surface area contributed by atoms with E-state index < -0.39 is 26.0 Å². The van der Waals surface area contributed by atoms with Crippen molar-refractivity contribution in [2.24, 2.45) is 0 Å². The van der Waals surface area contributed by atoms with Crippen LogP contribution < -0.4 is 10.0 Å². The van der Waals surface area contributed by atoms with Gasteiger partial charge in [0.1, 0.15) is 0 Å². The van der Waals surface area contributed by atoms with E-state index >= 15 is 0 Å². The summed E-state index contributed by atoms with van der Waals surface area (Å²) in [6.45, 7) is 4.99. The van der Waals surface area contributed by atoms with Gasteiger partial charge in [-0.25, -0.2) is 8.42 Å². The minimum absolute atomic E-state index is 0.152. The summed E-state index contributed by atoms with van der Waals surface area (Å²) >= 11 is 0. The minimum Gasteiger partial charge on any atom is -0.322 e. The molecule has 0 saturated carbocycles. The molecule has 0 aliphatic rings. The number of hydrogen-bond acceptors (Lipinski definition) is 5. The van der Waals surface area contributed by atoms with E-state index in [0.717, 1.165) is 0 Å². The zero-order chi connectivity index (χ0) is 17.0. The van der Waals surface area contributed by atoms with E-state index in [1.165, 1.54) is 31.2 Å². The molecule has 3 N–H and O–H groups in total. The molecule has 0 saturated heterocycles. The number of carbonyl (C=O) groups is 1. The molecule has 0 radical (unpaired) electrons. The lowest BCUT2D eigenvalue weighted by molar-refractivity contribution is -0.112. The molecule has 0 bridgehead atoms. The van der Waals surface area contributed by atoms with Gasteiger partial charge in [-0.05, 0) is 31.2 Å². The standard InChI is InChI=1S/C12H14N2O6S2/c1-9(2)12(15)14-10-3-5-11(6-4-10)22(19,20)13-7-8-21(16,17)18/h3-8,13H,1H2,2H3,(H,14,15)(H,16,17,18)/b8-7+. The summed E-state index contributed by atoms with van der Waals surface area (Å²) in [6.07, 6.45) is 0.585. The van der Waals surface area contributed by atoms with Crippen molar-refractivity contribution in [1.82, 2.24) is 4.72 Å². The molecule has 22 heavy (non-hydrogen) atoms. The Labute approximate surface area is 128 Å². The van der Waals surface area contributed by atoms with Crippen LogP contribution in [0.1, 0.15) is 6.92 Å². The molecule has 1 aromatic rings. The highest BCUT2D eigenvalue weighted by Crippen LogP contribution is 2.14. The zero-order valence-corrected chi connectivity index (χ0v) is 13.1. The topological polar surface area (TPSA) is 130 Å². The van der Waals surface area contributed by atoms with Gasteiger partial charge in [0, 0.05) is 17.5 Å². The fourth-order valence-electron chi connectivity index (χ4n) is 1.23. The maximum absolute atomic E-state index is 11.8. The first kappa shape index (κ1) is 17.9. The molecule has 8 nitrogen and oxygen atoms in total. The zero-order valence-electron chi connectivity index (χ0n) is 11.5. The van der Waals surface area contributed by atoms with Gasteiger partial charge in [0.25, 0.3) is 26.0 Å². The summed E-state index contributed by atoms with van der Waals surface area (Å²) in [6, 6.07) is 5.17. The number of amides is 1. The second kappa shape index (κ2) is 6.73. The highest BCUT2D eigenvalue weighted by Gasteiger charge is 2.12. The van der Waals surface area contributed by atoms with E-state index in [0.29, 0.717) is 22.9 Å². The first-order valence-electron chi connectivity index (χ1n) is 5.74. The molecule has 0 unspecified atom stereocenters. The maximum Gasteiger partial charge on any atom is 0.289 e. The minimum atomic E-state index is -4.42. The Morgan fingerprint density at radius 1 is 1.18 bits per heavy atom. The molecule has 0 aromatic heterocycles. The molecule has 1 amide bonds. The normalized spacial score (nSPS) is 12.1. The molecule has 0 spiro atoms. The summed E-state index contributed by atoms with van der Waals surface area (Å²) in [7, 11) is -8.41. The third-order valence-electron chi connectivity index (χ3n) is 2.27. The van der Waals surface area contributed by atoms with Crippen molar-refractivity contribution in [2.75, 3.05) is 5.32 Å². The van der Waals surface area contributed by atoms with E-state index in [1.54, 1.807) is 0 Å². The Kier molecular flexibility index (Phi) is 5.47. The number of rotatable bonds is 6. The molecular weight excluding hydrogens is 332 g/mol. The van der Waals surface area contributed by atoms with Crippen LogP contribution in [0.3, 0.4) is 0 Å². The number of hydrogen-bond donors (Lipinski definition) is 3. The van der Waals surface area contributed by atoms with Crippen molar-refractivity contribution < 1.29 is 26.2 Å². The van der Waals surface area contributed by atoms with Crippen molar-refractivity contribution in [3.05, 3.63) is 48.0 Å². The quantitative estimate of drug-likeness (QED) is 0.517. The smallest absolute Gasteiger partial charge is 0.289 e. The average Bonchev–Trinajstić information content (AvgIpc) is 2.37. The highest BCUT2D eigenvalue weighted by molar-refractivity contribution is 7.90. The molecule has 120 valence electrons. The van der Waals surface area contributed by atoms with Gasteiger partial charge in [-0.15, -0.1) is 0 Å². The van der Waals surface area contributed by atoms with Gasteiger partial charge in [-0.2, -0.15) is 8.42 Å². The summed E-state index contributed by atoms with van der Waals surface area (Å²) < 4.78 is 54.8. The first-order chi connectivity index (χ1) is 10.0. The monoisotopic (exact) mass is 346 g/mol. The lowest BCUT2D eigenvalue weighted by atomic mass is 10.3. The number of carbonyl (C=O) groups excluding carboxylic acids is 1. The molecular formula is C12H14N2O6S2. The largest absolute Gasteiger partial charge is 0.322 e. The highest BCUT2D eigenvalue weighted by atomic mass is 32.2. The lowest BCUT2D eigenvalue weighted by Crippen LogP contribution is -2.18. The van der Waals surface area contributed by atoms with Crippen LogP contribution in [0.15, 0.2) is 52.9 Å². The number of anilines is 1. The molecule has 0 aliphatic carbocycles. The van der Waals surface area contributed by atoms with E-state index in [9.17, 15) is 21.6 Å². The Bertz CT molecular complexity index is 808. The Hall–Kier alpha value is -2.17. The average molecular weight is 346 g/mol. The second-order valence-electron chi connectivity index (χ2n) is 4.20. The second-order valence-corrected chi connectivity index (χ2v) is 7.21. The van der Waals surface area contributed by atoms with Crippen LogP contribution in [-0.4, -0.2) is 27.3 Å². The van der Waals surface area contributed by atoms with Crippen LogP contribution in [0.5, 0.6) is 0 Å². The van der Waals surface area contributed by atoms with E-state index in [1.807, 2.05) is 4.72 Å². The number of sulfonamides is 1. The van der Waals surface area contributed by atoms with Gasteiger partial charge >= 0.3 is 0 Å². The van der Waals surface area contributed by atoms with Gasteiger partial charge in [0.05, 0.1) is 10.3 Å². The van der Waals surface area contributed by atoms with Crippen molar-refractivity contribution in [2.45, 2.75) is 11.8 Å². The summed E-state index contributed by atoms with van der Waals surface area (Å²) in [4.78, 5) is 11.2. The molecule has 1 aromatic carbocycles. The van der Waals surface area contributed by atoms with Crippen molar-refractivity contribution >= 4 is 31.7 Å². The predicted octanol–water partition coefficient (Wildman–Crippen LogP) is 0.838. The fourth-order valence-corrected chi connectivity index (χ4v) is 2.43. The Morgan fingerprint density at radius 3 is 2.18 bits per heavy atom. The van der Waals surface area contributed by atoms with Crippen LogP contribution in [0.25, 0.3) is 0 Å². The molecule has 1 rings (SSSR count). The van der Waals surface area contributed by atoms with Gasteiger partial charge < -0.3 is 5.32 Å². The van der Waals surface area contributed by atoms with Crippen LogP contribution in [-0.2, 0) is 24.9 Å². The molecule has 10 heteroatoms. The SMILES string of the molecule is C=C(C)C(=O)Nc1ccc(S(=O)(=O)N/C=C/S(=O)(=O)O)cc1. The van der Waals surface area contributed by atoms with E-state index in [-0.39, 0.29) is 4.90 Å². The van der Waals surface area contributed by atoms with E-state index in [4.69, 9.17) is 4.55 Å². The first-order valence-corrected chi connectivity index (χ1v) is 8.73. The third kappa shape index (κ3) is 5.68. The summed E-state index contributed by atoms with van der Waals surface area (Å²) in [5, 5.41) is 2.80. The predicted molar refractivity (Wildman–Crippen MR) is 80.9 cm³/mol. The van der Waals surface area contributed by atoms with Gasteiger partial charge in [0.15, 0.2) is 0 Å². The van der Waals surface area contributed by atoms with Gasteiger partial charge in [-0.3, -0.25) is 14.1 Å². The van der Waals surface area contributed by atoms with Crippen LogP contribution in [0.4, 0.5) is 5.69 Å². The van der Waals surface area contributed by atoms with Crippen LogP contribution in [0.2, 0.25) is 0 Å². The molecule has 0 aliphatic heterocycles. The Morgan fingerprint density at radius 2 is 1.73 bits per heavy atom. The van der Waals surface area contributed by atoms with E-state index in [2.05, 4.69) is 11.9 Å². The lowest BCUT2D eigenvalue weighted by Gasteiger charge is -2.07. The number of nitrogens with one attached hydrogen (secondary N) is 2. The van der Waals surface area contributed by atoms with Gasteiger partial charge in [-0.1, -0.05) is 6.58 Å².